The van der Waals surface area contributed by atoms with Crippen LogP contribution in [0, 0.1) is 5.92 Å². The molecule has 7 nitrogen and oxygen atoms in total. The molecule has 2 heterocycles. The maximum Gasteiger partial charge on any atom is 0.237 e. The number of nitrogens with one attached hydrogen (secondary N) is 1. The number of amides is 1. The van der Waals surface area contributed by atoms with Crippen molar-refractivity contribution in [3.63, 3.8) is 0 Å². The number of nitrogens with zero attached hydrogens (tertiary/aromatic N) is 1. The Morgan fingerprint density at radius 3 is 2.54 bits per heavy atom. The molecule has 0 unspecified atom stereocenters. The van der Waals surface area contributed by atoms with E-state index in [1.807, 2.05) is 14.0 Å². The van der Waals surface area contributed by atoms with Crippen LogP contribution in [-0.2, 0) is 9.53 Å². The van der Waals surface area contributed by atoms with Gasteiger partial charge < -0.3 is 25.4 Å². The number of hydrogen-bond donors (Lipinski definition) is 4. The maximum atomic E-state index is 12.8. The average Bonchev–Trinajstić information content (AvgIpc) is 2.99. The molecule has 2 aliphatic heterocycles. The first-order valence-corrected chi connectivity index (χ1v) is 10.9. The highest BCUT2D eigenvalue weighted by molar-refractivity contribution is 7.99. The first-order chi connectivity index (χ1) is 12.3. The third-order valence-electron chi connectivity index (χ3n) is 5.64. The molecule has 0 aromatic carbocycles. The lowest BCUT2D eigenvalue weighted by molar-refractivity contribution is -0.205. The molecule has 4 N–H and O–H groups in total. The van der Waals surface area contributed by atoms with Crippen molar-refractivity contribution in [2.75, 3.05) is 19.8 Å². The van der Waals surface area contributed by atoms with E-state index in [2.05, 4.69) is 17.1 Å². The summed E-state index contributed by atoms with van der Waals surface area (Å²) in [5.41, 5.74) is -0.632. The van der Waals surface area contributed by atoms with Crippen molar-refractivity contribution in [1.29, 1.82) is 0 Å². The third kappa shape index (κ3) is 4.72. The number of rotatable bonds is 7. The number of aliphatic hydroxyl groups excluding tert-OH is 3. The largest absolute Gasteiger partial charge is 0.388 e. The highest BCUT2D eigenvalue weighted by Gasteiger charge is 2.47. The van der Waals surface area contributed by atoms with E-state index in [9.17, 15) is 20.1 Å². The standard InChI is InChI=1S/C18H34N2O5S/c1-5-7-10-8-12(20(3)9-10)17(24)19-11(6-2)16-14(22)13(21)15(23)18(25-16)26-4/h10-16,18,21-23H,5-9H2,1-4H3,(H,19,24)/t10-,11-,12+,13+,14-,15-,16-,18-/m1/s1. The highest BCUT2D eigenvalue weighted by Crippen LogP contribution is 2.30. The van der Waals surface area contributed by atoms with Gasteiger partial charge in [-0.2, -0.15) is 0 Å². The molecule has 0 saturated carbocycles. The van der Waals surface area contributed by atoms with Crippen molar-refractivity contribution < 1.29 is 24.9 Å². The first-order valence-electron chi connectivity index (χ1n) is 9.57. The fourth-order valence-electron chi connectivity index (χ4n) is 4.13. The van der Waals surface area contributed by atoms with Gasteiger partial charge in [0.2, 0.25) is 5.91 Å². The molecule has 0 spiro atoms. The number of thioether (sulfide) groups is 1. The summed E-state index contributed by atoms with van der Waals surface area (Å²) < 4.78 is 5.81. The summed E-state index contributed by atoms with van der Waals surface area (Å²) >= 11 is 1.28. The van der Waals surface area contributed by atoms with E-state index in [4.69, 9.17) is 4.74 Å². The zero-order valence-electron chi connectivity index (χ0n) is 16.2. The minimum Gasteiger partial charge on any atom is -0.388 e. The minimum absolute atomic E-state index is 0.0601. The predicted octanol–water partition coefficient (Wildman–Crippen LogP) is 0.172. The second-order valence-electron chi connectivity index (χ2n) is 7.55. The van der Waals surface area contributed by atoms with Crippen molar-refractivity contribution in [2.45, 2.75) is 81.5 Å². The summed E-state index contributed by atoms with van der Waals surface area (Å²) in [4.78, 5) is 14.9. The van der Waals surface area contributed by atoms with E-state index < -0.39 is 35.9 Å². The van der Waals surface area contributed by atoms with E-state index in [1.54, 1.807) is 6.26 Å². The second-order valence-corrected chi connectivity index (χ2v) is 8.48. The lowest BCUT2D eigenvalue weighted by Crippen LogP contribution is -2.63. The van der Waals surface area contributed by atoms with Crippen LogP contribution in [0.2, 0.25) is 0 Å². The second kappa shape index (κ2) is 9.71. The summed E-state index contributed by atoms with van der Waals surface area (Å²) in [7, 11) is 1.97. The molecule has 0 aliphatic carbocycles. The van der Waals surface area contributed by atoms with Crippen molar-refractivity contribution in [1.82, 2.24) is 10.2 Å². The van der Waals surface area contributed by atoms with Gasteiger partial charge in [0, 0.05) is 6.54 Å². The van der Waals surface area contributed by atoms with Crippen molar-refractivity contribution >= 4 is 17.7 Å². The van der Waals surface area contributed by atoms with Crippen LogP contribution in [0.4, 0.5) is 0 Å². The Kier molecular flexibility index (Phi) is 8.18. The average molecular weight is 391 g/mol. The Labute approximate surface area is 160 Å². The lowest BCUT2D eigenvalue weighted by atomic mass is 9.93. The number of carbonyl (C=O) groups excluding carboxylic acids is 1. The normalized spacial score (nSPS) is 39.7. The Hall–Kier alpha value is -0.380. The number of likely N-dealkylation sites (N-methyl/N-ethyl adjacent to an activating group) is 1. The van der Waals surface area contributed by atoms with E-state index in [-0.39, 0.29) is 11.9 Å². The van der Waals surface area contributed by atoms with Gasteiger partial charge >= 0.3 is 0 Å². The van der Waals surface area contributed by atoms with E-state index >= 15 is 0 Å². The fraction of sp³-hybridized carbons (Fsp3) is 0.944. The van der Waals surface area contributed by atoms with Crippen LogP contribution in [0.5, 0.6) is 0 Å². The van der Waals surface area contributed by atoms with Gasteiger partial charge in [-0.3, -0.25) is 9.69 Å². The van der Waals surface area contributed by atoms with Gasteiger partial charge in [0.25, 0.3) is 0 Å². The molecule has 0 radical (unpaired) electrons. The van der Waals surface area contributed by atoms with Crippen molar-refractivity contribution in [3.8, 4) is 0 Å². The number of carbonyl (C=O) groups is 1. The summed E-state index contributed by atoms with van der Waals surface area (Å²) in [6, 6.07) is -0.596. The van der Waals surface area contributed by atoms with Gasteiger partial charge in [-0.05, 0) is 38.5 Å². The van der Waals surface area contributed by atoms with E-state index in [0.29, 0.717) is 12.3 Å². The zero-order chi connectivity index (χ0) is 19.4. The van der Waals surface area contributed by atoms with Crippen LogP contribution in [0.3, 0.4) is 0 Å². The zero-order valence-corrected chi connectivity index (χ0v) is 17.0. The summed E-state index contributed by atoms with van der Waals surface area (Å²) in [5.74, 6) is 0.477. The van der Waals surface area contributed by atoms with Gasteiger partial charge in [0.1, 0.15) is 29.9 Å². The molecule has 152 valence electrons. The van der Waals surface area contributed by atoms with Crippen molar-refractivity contribution in [3.05, 3.63) is 0 Å². The van der Waals surface area contributed by atoms with Crippen LogP contribution in [0.25, 0.3) is 0 Å². The molecule has 8 atom stereocenters. The number of aliphatic hydroxyl groups is 3. The molecule has 26 heavy (non-hydrogen) atoms. The fourth-order valence-corrected chi connectivity index (χ4v) is 4.81. The van der Waals surface area contributed by atoms with Crippen LogP contribution in [0.15, 0.2) is 0 Å². The van der Waals surface area contributed by atoms with Gasteiger partial charge in [-0.25, -0.2) is 0 Å². The summed E-state index contributed by atoms with van der Waals surface area (Å²) in [6.45, 7) is 4.99. The molecule has 1 amide bonds. The molecule has 0 aromatic rings. The maximum absolute atomic E-state index is 12.8. The topological polar surface area (TPSA) is 102 Å². The predicted molar refractivity (Wildman–Crippen MR) is 102 cm³/mol. The lowest BCUT2D eigenvalue weighted by Gasteiger charge is -2.43. The molecular weight excluding hydrogens is 356 g/mol. The molecule has 2 rings (SSSR count). The highest BCUT2D eigenvalue weighted by atomic mass is 32.2. The Bertz CT molecular complexity index is 467. The van der Waals surface area contributed by atoms with Crippen LogP contribution < -0.4 is 5.32 Å². The van der Waals surface area contributed by atoms with Crippen molar-refractivity contribution in [2.24, 2.45) is 5.92 Å². The third-order valence-corrected chi connectivity index (χ3v) is 6.49. The van der Waals surface area contributed by atoms with Gasteiger partial charge in [-0.15, -0.1) is 11.8 Å². The summed E-state index contributed by atoms with van der Waals surface area (Å²) in [6.07, 6.45) is 0.974. The molecule has 2 saturated heterocycles. The Balaban J connectivity index is 2.02. The van der Waals surface area contributed by atoms with E-state index in [0.717, 1.165) is 25.8 Å². The molecule has 0 bridgehead atoms. The van der Waals surface area contributed by atoms with Crippen LogP contribution in [-0.4, -0.2) is 87.9 Å². The quantitative estimate of drug-likeness (QED) is 0.492. The monoisotopic (exact) mass is 390 g/mol. The number of likely N-dealkylation sites (tertiary alicyclic amines) is 1. The first kappa shape index (κ1) is 21.9. The van der Waals surface area contributed by atoms with Gasteiger partial charge in [0.15, 0.2) is 0 Å². The molecule has 2 fully saturated rings. The van der Waals surface area contributed by atoms with Gasteiger partial charge in [0.05, 0.1) is 12.1 Å². The molecule has 2 aliphatic rings. The van der Waals surface area contributed by atoms with Crippen LogP contribution >= 0.6 is 11.8 Å². The number of hydrogen-bond acceptors (Lipinski definition) is 7. The SMILES string of the molecule is CCC[C@@H]1C[C@@H](C(=O)N[C@H](CC)[C@H]2O[C@H](SC)[C@H](O)[C@@H](O)[C@H]2O)N(C)C1. The molecule has 8 heteroatoms. The Morgan fingerprint density at radius 2 is 1.96 bits per heavy atom. The molecular formula is C18H34N2O5S. The summed E-state index contributed by atoms with van der Waals surface area (Å²) in [5, 5.41) is 33.5. The van der Waals surface area contributed by atoms with E-state index in [1.165, 1.54) is 11.8 Å². The van der Waals surface area contributed by atoms with Crippen LogP contribution in [0.1, 0.15) is 39.5 Å². The number of ether oxygens (including phenoxy) is 1. The molecule has 0 aromatic heterocycles. The van der Waals surface area contributed by atoms with Gasteiger partial charge in [-0.1, -0.05) is 20.3 Å². The smallest absolute Gasteiger partial charge is 0.237 e. The minimum atomic E-state index is -1.29. The Morgan fingerprint density at radius 1 is 1.27 bits per heavy atom.